The summed E-state index contributed by atoms with van der Waals surface area (Å²) in [6, 6.07) is 11.5. The Morgan fingerprint density at radius 2 is 2.00 bits per heavy atom. The molecule has 1 aliphatic rings. The van der Waals surface area contributed by atoms with E-state index in [-0.39, 0.29) is 0 Å². The fourth-order valence-corrected chi connectivity index (χ4v) is 3.30. The minimum atomic E-state index is 0.446. The summed E-state index contributed by atoms with van der Waals surface area (Å²) in [7, 11) is 0. The van der Waals surface area contributed by atoms with E-state index in [0.29, 0.717) is 11.5 Å². The van der Waals surface area contributed by atoms with Crippen molar-refractivity contribution < 1.29 is 0 Å². The number of rotatable bonds is 3. The van der Waals surface area contributed by atoms with Crippen molar-refractivity contribution in [1.29, 1.82) is 0 Å². The fraction of sp³-hybridized carbons (Fsp3) is 0.600. The lowest BCUT2D eigenvalue weighted by Crippen LogP contribution is -2.33. The monoisotopic (exact) mass is 217 g/mol. The molecule has 1 heteroatoms. The first-order valence-electron chi connectivity index (χ1n) is 6.49. The van der Waals surface area contributed by atoms with Gasteiger partial charge in [0.25, 0.3) is 0 Å². The Bertz CT molecular complexity index is 331. The molecule has 0 bridgehead atoms. The highest BCUT2D eigenvalue weighted by Gasteiger charge is 2.44. The first kappa shape index (κ1) is 11.7. The lowest BCUT2D eigenvalue weighted by Gasteiger charge is -2.38. The van der Waals surface area contributed by atoms with Crippen LogP contribution in [-0.4, -0.2) is 6.54 Å². The van der Waals surface area contributed by atoms with E-state index >= 15 is 0 Å². The van der Waals surface area contributed by atoms with Crippen LogP contribution in [-0.2, 0) is 0 Å². The zero-order valence-electron chi connectivity index (χ0n) is 10.7. The van der Waals surface area contributed by atoms with Crippen molar-refractivity contribution in [3.8, 4) is 0 Å². The zero-order chi connectivity index (χ0) is 11.6. The quantitative estimate of drug-likeness (QED) is 0.812. The average Bonchev–Trinajstić information content (AvgIpc) is 2.75. The molecule has 0 amide bonds. The van der Waals surface area contributed by atoms with Gasteiger partial charge in [-0.25, -0.2) is 0 Å². The van der Waals surface area contributed by atoms with Gasteiger partial charge >= 0.3 is 0 Å². The Hall–Kier alpha value is -0.820. The molecule has 16 heavy (non-hydrogen) atoms. The number of benzene rings is 1. The van der Waals surface area contributed by atoms with Gasteiger partial charge in [-0.05, 0) is 36.3 Å². The van der Waals surface area contributed by atoms with Crippen LogP contribution in [0.3, 0.4) is 0 Å². The Morgan fingerprint density at radius 1 is 1.31 bits per heavy atom. The van der Waals surface area contributed by atoms with Crippen molar-refractivity contribution in [2.24, 2.45) is 11.3 Å². The van der Waals surface area contributed by atoms with Crippen LogP contribution >= 0.6 is 0 Å². The lowest BCUT2D eigenvalue weighted by atomic mass is 9.67. The van der Waals surface area contributed by atoms with Crippen molar-refractivity contribution in [2.75, 3.05) is 6.54 Å². The van der Waals surface area contributed by atoms with Gasteiger partial charge in [0.15, 0.2) is 0 Å². The van der Waals surface area contributed by atoms with E-state index in [4.69, 9.17) is 0 Å². The van der Waals surface area contributed by atoms with Crippen molar-refractivity contribution in [2.45, 2.75) is 39.7 Å². The topological polar surface area (TPSA) is 12.0 Å². The van der Waals surface area contributed by atoms with E-state index in [1.54, 1.807) is 0 Å². The van der Waals surface area contributed by atoms with Gasteiger partial charge in [-0.1, -0.05) is 51.1 Å². The SMILES string of the molecule is CCC1(C(C)C)CCNC1c1ccccc1. The molecule has 2 unspecified atom stereocenters. The summed E-state index contributed by atoms with van der Waals surface area (Å²) in [5.41, 5.74) is 1.90. The predicted molar refractivity (Wildman–Crippen MR) is 69.4 cm³/mol. The van der Waals surface area contributed by atoms with Gasteiger partial charge in [0, 0.05) is 6.04 Å². The minimum Gasteiger partial charge on any atom is -0.309 e. The van der Waals surface area contributed by atoms with Crippen molar-refractivity contribution in [3.05, 3.63) is 35.9 Å². The second kappa shape index (κ2) is 4.58. The van der Waals surface area contributed by atoms with Crippen LogP contribution in [0, 0.1) is 11.3 Å². The van der Waals surface area contributed by atoms with Crippen LogP contribution in [0.25, 0.3) is 0 Å². The van der Waals surface area contributed by atoms with E-state index in [2.05, 4.69) is 56.4 Å². The summed E-state index contributed by atoms with van der Waals surface area (Å²) in [6.45, 7) is 8.23. The van der Waals surface area contributed by atoms with Crippen molar-refractivity contribution >= 4 is 0 Å². The maximum Gasteiger partial charge on any atom is 0.0380 e. The summed E-state index contributed by atoms with van der Waals surface area (Å²) in [5, 5.41) is 3.70. The van der Waals surface area contributed by atoms with Gasteiger partial charge in [-0.15, -0.1) is 0 Å². The maximum atomic E-state index is 3.70. The van der Waals surface area contributed by atoms with Gasteiger partial charge in [-0.3, -0.25) is 0 Å². The summed E-state index contributed by atoms with van der Waals surface area (Å²) in [5.74, 6) is 0.734. The molecule has 1 aromatic carbocycles. The molecular weight excluding hydrogens is 194 g/mol. The number of hydrogen-bond donors (Lipinski definition) is 1. The highest BCUT2D eigenvalue weighted by Crippen LogP contribution is 2.49. The number of nitrogens with one attached hydrogen (secondary N) is 1. The first-order chi connectivity index (χ1) is 7.70. The smallest absolute Gasteiger partial charge is 0.0380 e. The van der Waals surface area contributed by atoms with Crippen molar-refractivity contribution in [3.63, 3.8) is 0 Å². The Balaban J connectivity index is 2.33. The highest BCUT2D eigenvalue weighted by atomic mass is 15.0. The molecule has 88 valence electrons. The summed E-state index contributed by atoms with van der Waals surface area (Å²) >= 11 is 0. The third-order valence-corrected chi connectivity index (χ3v) is 4.45. The molecule has 1 fully saturated rings. The van der Waals surface area contributed by atoms with E-state index in [1.165, 1.54) is 18.4 Å². The second-order valence-electron chi connectivity index (χ2n) is 5.29. The largest absolute Gasteiger partial charge is 0.309 e. The highest BCUT2D eigenvalue weighted by molar-refractivity contribution is 5.23. The van der Waals surface area contributed by atoms with E-state index in [1.807, 2.05) is 0 Å². The van der Waals surface area contributed by atoms with Gasteiger partial charge in [-0.2, -0.15) is 0 Å². The molecule has 0 radical (unpaired) electrons. The fourth-order valence-electron chi connectivity index (χ4n) is 3.30. The molecule has 1 heterocycles. The predicted octanol–water partition coefficient (Wildman–Crippen LogP) is 3.77. The van der Waals surface area contributed by atoms with Crippen LogP contribution in [0.2, 0.25) is 0 Å². The second-order valence-corrected chi connectivity index (χ2v) is 5.29. The lowest BCUT2D eigenvalue weighted by molar-refractivity contribution is 0.153. The average molecular weight is 217 g/mol. The van der Waals surface area contributed by atoms with Crippen LogP contribution in [0.1, 0.15) is 45.2 Å². The molecule has 2 rings (SSSR count). The zero-order valence-corrected chi connectivity index (χ0v) is 10.7. The molecule has 1 nitrogen and oxygen atoms in total. The summed E-state index contributed by atoms with van der Waals surface area (Å²) in [4.78, 5) is 0. The van der Waals surface area contributed by atoms with Crippen LogP contribution in [0.4, 0.5) is 0 Å². The van der Waals surface area contributed by atoms with Crippen LogP contribution < -0.4 is 5.32 Å². The maximum absolute atomic E-state index is 3.70. The van der Waals surface area contributed by atoms with E-state index in [0.717, 1.165) is 12.5 Å². The third kappa shape index (κ3) is 1.78. The molecule has 1 aliphatic heterocycles. The molecule has 0 saturated carbocycles. The molecule has 2 atom stereocenters. The van der Waals surface area contributed by atoms with Crippen molar-refractivity contribution in [1.82, 2.24) is 5.32 Å². The van der Waals surface area contributed by atoms with E-state index < -0.39 is 0 Å². The standard InChI is InChI=1S/C15H23N/c1-4-15(12(2)3)10-11-16-14(15)13-8-6-5-7-9-13/h5-9,12,14,16H,4,10-11H2,1-3H3. The molecular formula is C15H23N. The van der Waals surface area contributed by atoms with Gasteiger partial charge in [0.1, 0.15) is 0 Å². The minimum absolute atomic E-state index is 0.446. The first-order valence-corrected chi connectivity index (χ1v) is 6.49. The third-order valence-electron chi connectivity index (χ3n) is 4.45. The van der Waals surface area contributed by atoms with Gasteiger partial charge in [0.2, 0.25) is 0 Å². The Morgan fingerprint density at radius 3 is 2.56 bits per heavy atom. The Labute approximate surface area is 99.3 Å². The van der Waals surface area contributed by atoms with Gasteiger partial charge in [0.05, 0.1) is 0 Å². The van der Waals surface area contributed by atoms with Crippen LogP contribution in [0.15, 0.2) is 30.3 Å². The molecule has 1 saturated heterocycles. The molecule has 1 aromatic rings. The normalized spacial score (nSPS) is 29.9. The van der Waals surface area contributed by atoms with E-state index in [9.17, 15) is 0 Å². The van der Waals surface area contributed by atoms with Crippen LogP contribution in [0.5, 0.6) is 0 Å². The van der Waals surface area contributed by atoms with Gasteiger partial charge < -0.3 is 5.32 Å². The number of hydrogen-bond acceptors (Lipinski definition) is 1. The summed E-state index contributed by atoms with van der Waals surface area (Å²) in [6.07, 6.45) is 2.57. The Kier molecular flexibility index (Phi) is 3.34. The molecule has 0 aromatic heterocycles. The summed E-state index contributed by atoms with van der Waals surface area (Å²) < 4.78 is 0. The molecule has 0 spiro atoms. The molecule has 0 aliphatic carbocycles. The molecule has 1 N–H and O–H groups in total.